The molecule has 0 spiro atoms. The van der Waals surface area contributed by atoms with Crippen molar-refractivity contribution in [3.8, 4) is 5.75 Å². The highest BCUT2D eigenvalue weighted by molar-refractivity contribution is 8.15. The second kappa shape index (κ2) is 3.94. The van der Waals surface area contributed by atoms with Crippen molar-refractivity contribution in [2.24, 2.45) is 0 Å². The number of rotatable bonds is 2. The molecule has 78 valence electrons. The third-order valence-electron chi connectivity index (χ3n) is 2.10. The van der Waals surface area contributed by atoms with Crippen molar-refractivity contribution in [2.75, 3.05) is 0 Å². The smallest absolute Gasteiger partial charge is 0.286 e. The van der Waals surface area contributed by atoms with Gasteiger partial charge in [0.2, 0.25) is 5.91 Å². The molecule has 0 aromatic heterocycles. The van der Waals surface area contributed by atoms with Gasteiger partial charge in [-0.05, 0) is 24.1 Å². The summed E-state index contributed by atoms with van der Waals surface area (Å²) < 4.78 is 0. The molecule has 0 bridgehead atoms. The molecule has 1 atom stereocenters. The van der Waals surface area contributed by atoms with Crippen molar-refractivity contribution in [3.05, 3.63) is 29.8 Å². The lowest BCUT2D eigenvalue weighted by atomic mass is 10.1. The fourth-order valence-electron chi connectivity index (χ4n) is 1.43. The highest BCUT2D eigenvalue weighted by atomic mass is 32.2. The van der Waals surface area contributed by atoms with E-state index in [0.717, 1.165) is 17.3 Å². The van der Waals surface area contributed by atoms with Gasteiger partial charge in [0, 0.05) is 0 Å². The summed E-state index contributed by atoms with van der Waals surface area (Å²) in [4.78, 5) is 22.2. The molecule has 1 saturated heterocycles. The lowest BCUT2D eigenvalue weighted by Crippen LogP contribution is -2.25. The second-order valence-corrected chi connectivity index (χ2v) is 4.43. The lowest BCUT2D eigenvalue weighted by molar-refractivity contribution is -0.118. The van der Waals surface area contributed by atoms with Crippen molar-refractivity contribution in [3.63, 3.8) is 0 Å². The summed E-state index contributed by atoms with van der Waals surface area (Å²) in [5.74, 6) is -0.0874. The average Bonchev–Trinajstić information content (AvgIpc) is 2.45. The standard InChI is InChI=1S/C10H9NO3S/c12-7-3-1-2-6(4-7)5-8-9(13)11-10(14)15-8/h1-4,8,12H,5H2,(H,11,13,14). The zero-order valence-electron chi connectivity index (χ0n) is 7.77. The quantitative estimate of drug-likeness (QED) is 0.792. The van der Waals surface area contributed by atoms with Gasteiger partial charge in [0.05, 0.1) is 5.25 Å². The molecule has 2 amide bonds. The fourth-order valence-corrected chi connectivity index (χ4v) is 2.28. The number of phenols is 1. The normalized spacial score (nSPS) is 20.4. The molecule has 0 saturated carbocycles. The molecule has 1 aromatic carbocycles. The number of aromatic hydroxyl groups is 1. The topological polar surface area (TPSA) is 66.4 Å². The molecule has 1 heterocycles. The van der Waals surface area contributed by atoms with Crippen LogP contribution in [0.25, 0.3) is 0 Å². The summed E-state index contributed by atoms with van der Waals surface area (Å²) in [5.41, 5.74) is 0.845. The largest absolute Gasteiger partial charge is 0.508 e. The predicted molar refractivity (Wildman–Crippen MR) is 56.7 cm³/mol. The first-order valence-electron chi connectivity index (χ1n) is 4.44. The molecule has 1 unspecified atom stereocenters. The van der Waals surface area contributed by atoms with Crippen molar-refractivity contribution in [1.29, 1.82) is 0 Å². The minimum atomic E-state index is -0.376. The minimum Gasteiger partial charge on any atom is -0.508 e. The van der Waals surface area contributed by atoms with E-state index in [9.17, 15) is 14.7 Å². The van der Waals surface area contributed by atoms with Gasteiger partial charge in [0.25, 0.3) is 5.24 Å². The first-order chi connectivity index (χ1) is 7.15. The molecule has 1 aromatic rings. The van der Waals surface area contributed by atoms with Gasteiger partial charge >= 0.3 is 0 Å². The van der Waals surface area contributed by atoms with Crippen LogP contribution in [0.15, 0.2) is 24.3 Å². The fraction of sp³-hybridized carbons (Fsp3) is 0.200. The molecule has 1 fully saturated rings. The third-order valence-corrected chi connectivity index (χ3v) is 3.08. The average molecular weight is 223 g/mol. The number of benzene rings is 1. The number of hydrogen-bond acceptors (Lipinski definition) is 4. The van der Waals surface area contributed by atoms with Crippen molar-refractivity contribution in [2.45, 2.75) is 11.7 Å². The van der Waals surface area contributed by atoms with Crippen LogP contribution in [0.2, 0.25) is 0 Å². The van der Waals surface area contributed by atoms with Crippen molar-refractivity contribution >= 4 is 22.9 Å². The van der Waals surface area contributed by atoms with Crippen LogP contribution in [-0.2, 0) is 11.2 Å². The maximum atomic E-state index is 11.3. The Bertz CT molecular complexity index is 419. The van der Waals surface area contributed by atoms with Gasteiger partial charge in [-0.2, -0.15) is 0 Å². The molecular formula is C10H9NO3S. The first kappa shape index (κ1) is 10.0. The summed E-state index contributed by atoms with van der Waals surface area (Å²) in [6.07, 6.45) is 0.455. The van der Waals surface area contributed by atoms with Crippen LogP contribution in [0.1, 0.15) is 5.56 Å². The van der Waals surface area contributed by atoms with Gasteiger partial charge in [-0.3, -0.25) is 14.9 Å². The maximum absolute atomic E-state index is 11.3. The molecule has 2 N–H and O–H groups in total. The number of imide groups is 1. The van der Waals surface area contributed by atoms with E-state index < -0.39 is 0 Å². The number of hydrogen-bond donors (Lipinski definition) is 2. The van der Waals surface area contributed by atoms with E-state index in [0.29, 0.717) is 6.42 Å². The molecule has 5 heteroatoms. The molecule has 1 aliphatic heterocycles. The van der Waals surface area contributed by atoms with E-state index in [1.165, 1.54) is 0 Å². The van der Waals surface area contributed by atoms with Gasteiger partial charge < -0.3 is 5.11 Å². The van der Waals surface area contributed by atoms with Crippen LogP contribution in [0.3, 0.4) is 0 Å². The Kier molecular flexibility index (Phi) is 2.64. The number of carbonyl (C=O) groups excluding carboxylic acids is 2. The number of carbonyl (C=O) groups is 2. The zero-order valence-corrected chi connectivity index (χ0v) is 8.58. The first-order valence-corrected chi connectivity index (χ1v) is 5.32. The molecule has 0 radical (unpaired) electrons. The van der Waals surface area contributed by atoms with Crippen LogP contribution in [0, 0.1) is 0 Å². The Labute approximate surface area is 90.7 Å². The minimum absolute atomic E-state index is 0.169. The summed E-state index contributed by atoms with van der Waals surface area (Å²) in [5, 5.41) is 10.8. The molecular weight excluding hydrogens is 214 g/mol. The van der Waals surface area contributed by atoms with Gasteiger partial charge in [0.1, 0.15) is 5.75 Å². The van der Waals surface area contributed by atoms with E-state index >= 15 is 0 Å². The highest BCUT2D eigenvalue weighted by Gasteiger charge is 2.31. The summed E-state index contributed by atoms with van der Waals surface area (Å²) in [7, 11) is 0. The van der Waals surface area contributed by atoms with E-state index in [1.54, 1.807) is 18.2 Å². The van der Waals surface area contributed by atoms with Crippen LogP contribution < -0.4 is 5.32 Å². The number of phenolic OH excluding ortho intramolecular Hbond substituents is 1. The molecule has 15 heavy (non-hydrogen) atoms. The number of nitrogens with one attached hydrogen (secondary N) is 1. The number of amides is 2. The van der Waals surface area contributed by atoms with Crippen molar-refractivity contribution < 1.29 is 14.7 Å². The van der Waals surface area contributed by atoms with Gasteiger partial charge in [0.15, 0.2) is 0 Å². The molecule has 0 aliphatic carbocycles. The van der Waals surface area contributed by atoms with Crippen LogP contribution in [-0.4, -0.2) is 21.5 Å². The summed E-state index contributed by atoms with van der Waals surface area (Å²) in [6, 6.07) is 6.69. The molecule has 2 rings (SSSR count). The number of thioether (sulfide) groups is 1. The van der Waals surface area contributed by atoms with Gasteiger partial charge in [-0.25, -0.2) is 0 Å². The van der Waals surface area contributed by atoms with Gasteiger partial charge in [-0.15, -0.1) is 0 Å². The Hall–Kier alpha value is -1.49. The van der Waals surface area contributed by atoms with E-state index in [-0.39, 0.29) is 22.1 Å². The third kappa shape index (κ3) is 2.30. The zero-order chi connectivity index (χ0) is 10.8. The van der Waals surface area contributed by atoms with Crippen LogP contribution >= 0.6 is 11.8 Å². The predicted octanol–water partition coefficient (Wildman–Crippen LogP) is 1.29. The second-order valence-electron chi connectivity index (χ2n) is 3.26. The monoisotopic (exact) mass is 223 g/mol. The van der Waals surface area contributed by atoms with E-state index in [1.807, 2.05) is 6.07 Å². The van der Waals surface area contributed by atoms with Crippen molar-refractivity contribution in [1.82, 2.24) is 5.32 Å². The van der Waals surface area contributed by atoms with E-state index in [4.69, 9.17) is 0 Å². The summed E-state index contributed by atoms with van der Waals surface area (Å²) >= 11 is 0.993. The SMILES string of the molecule is O=C1NC(=O)C(Cc2cccc(O)c2)S1. The Morgan fingerprint density at radius 1 is 1.40 bits per heavy atom. The Morgan fingerprint density at radius 2 is 2.20 bits per heavy atom. The van der Waals surface area contributed by atoms with Gasteiger partial charge in [-0.1, -0.05) is 23.9 Å². The van der Waals surface area contributed by atoms with Crippen LogP contribution in [0.4, 0.5) is 4.79 Å². The maximum Gasteiger partial charge on any atom is 0.286 e. The van der Waals surface area contributed by atoms with Crippen LogP contribution in [0.5, 0.6) is 5.75 Å². The Morgan fingerprint density at radius 3 is 2.80 bits per heavy atom. The lowest BCUT2D eigenvalue weighted by Gasteiger charge is -2.04. The highest BCUT2D eigenvalue weighted by Crippen LogP contribution is 2.23. The van der Waals surface area contributed by atoms with E-state index in [2.05, 4.69) is 5.32 Å². The summed E-state index contributed by atoms with van der Waals surface area (Å²) in [6.45, 7) is 0. The molecule has 4 nitrogen and oxygen atoms in total. The Balaban J connectivity index is 2.09. The molecule has 1 aliphatic rings.